The number of carbonyl (C=O) groups is 1. The number of nitrogens with one attached hydrogen (secondary N) is 1. The molecule has 0 aliphatic heterocycles. The molecule has 0 amide bonds. The summed E-state index contributed by atoms with van der Waals surface area (Å²) in [7, 11) is 0. The third kappa shape index (κ3) is 2.88. The molecule has 0 spiro atoms. The van der Waals surface area contributed by atoms with Gasteiger partial charge in [0.25, 0.3) is 0 Å². The van der Waals surface area contributed by atoms with Crippen molar-refractivity contribution in [2.45, 2.75) is 19.1 Å². The quantitative estimate of drug-likeness (QED) is 0.267. The van der Waals surface area contributed by atoms with Crippen molar-refractivity contribution in [3.05, 3.63) is 0 Å². The van der Waals surface area contributed by atoms with E-state index in [4.69, 9.17) is 16.1 Å². The standard InChI is InChI=1S/C5H12N2O3/c1-3(8)5(10)4(9)2-7-6/h3,5,7-8,10H,2,6H2,1H3/t3-,5-/m0/s1. The van der Waals surface area contributed by atoms with Crippen LogP contribution in [0.15, 0.2) is 0 Å². The Morgan fingerprint density at radius 2 is 2.20 bits per heavy atom. The van der Waals surface area contributed by atoms with Crippen LogP contribution in [0.3, 0.4) is 0 Å². The second-order valence-electron chi connectivity index (χ2n) is 2.03. The Labute approximate surface area is 58.8 Å². The van der Waals surface area contributed by atoms with Crippen LogP contribution in [-0.4, -0.2) is 34.7 Å². The maximum absolute atomic E-state index is 10.6. The fourth-order valence-electron chi connectivity index (χ4n) is 0.474. The average molecular weight is 148 g/mol. The number of carbonyl (C=O) groups excluding carboxylic acids is 1. The number of Topliss-reactive ketones (excluding diaryl/α,β-unsaturated/α-hetero) is 1. The number of aliphatic hydroxyl groups is 2. The Hall–Kier alpha value is -0.490. The van der Waals surface area contributed by atoms with Crippen LogP contribution in [0.25, 0.3) is 0 Å². The van der Waals surface area contributed by atoms with E-state index in [9.17, 15) is 4.79 Å². The number of ketones is 1. The highest BCUT2D eigenvalue weighted by Gasteiger charge is 2.18. The van der Waals surface area contributed by atoms with E-state index in [0.29, 0.717) is 0 Å². The molecule has 60 valence electrons. The van der Waals surface area contributed by atoms with Crippen molar-refractivity contribution in [2.24, 2.45) is 5.84 Å². The van der Waals surface area contributed by atoms with Crippen LogP contribution in [0.2, 0.25) is 0 Å². The molecule has 0 fully saturated rings. The molecule has 0 aliphatic carbocycles. The zero-order valence-electron chi connectivity index (χ0n) is 5.74. The smallest absolute Gasteiger partial charge is 0.178 e. The minimum absolute atomic E-state index is 0.133. The fourth-order valence-corrected chi connectivity index (χ4v) is 0.474. The summed E-state index contributed by atoms with van der Waals surface area (Å²) in [6, 6.07) is 0. The van der Waals surface area contributed by atoms with E-state index in [1.54, 1.807) is 0 Å². The van der Waals surface area contributed by atoms with Crippen LogP contribution >= 0.6 is 0 Å². The van der Waals surface area contributed by atoms with E-state index in [2.05, 4.69) is 5.43 Å². The van der Waals surface area contributed by atoms with Gasteiger partial charge in [0, 0.05) is 0 Å². The first-order valence-electron chi connectivity index (χ1n) is 2.92. The van der Waals surface area contributed by atoms with Gasteiger partial charge >= 0.3 is 0 Å². The Morgan fingerprint density at radius 1 is 1.70 bits per heavy atom. The number of aliphatic hydroxyl groups excluding tert-OH is 2. The Bertz CT molecular complexity index is 115. The molecular weight excluding hydrogens is 136 g/mol. The molecule has 10 heavy (non-hydrogen) atoms. The average Bonchev–Trinajstić information content (AvgIpc) is 1.87. The number of nitrogens with two attached hydrogens (primary N) is 1. The van der Waals surface area contributed by atoms with Gasteiger partial charge in [0.05, 0.1) is 12.6 Å². The molecule has 0 bridgehead atoms. The molecule has 0 heterocycles. The number of rotatable bonds is 4. The molecule has 0 radical (unpaired) electrons. The lowest BCUT2D eigenvalue weighted by Crippen LogP contribution is -2.40. The normalized spacial score (nSPS) is 16.4. The SMILES string of the molecule is C[C@H](O)[C@H](O)C(=O)CNN. The van der Waals surface area contributed by atoms with E-state index < -0.39 is 18.0 Å². The van der Waals surface area contributed by atoms with Crippen LogP contribution in [0.4, 0.5) is 0 Å². The van der Waals surface area contributed by atoms with Crippen LogP contribution in [0, 0.1) is 0 Å². The van der Waals surface area contributed by atoms with Crippen molar-refractivity contribution in [1.82, 2.24) is 5.43 Å². The molecule has 0 rings (SSSR count). The van der Waals surface area contributed by atoms with E-state index in [0.717, 1.165) is 0 Å². The summed E-state index contributed by atoms with van der Waals surface area (Å²) in [5.74, 6) is 4.29. The second-order valence-corrected chi connectivity index (χ2v) is 2.03. The van der Waals surface area contributed by atoms with Gasteiger partial charge in [0.1, 0.15) is 6.10 Å². The number of hydrogen-bond acceptors (Lipinski definition) is 5. The fraction of sp³-hybridized carbons (Fsp3) is 0.800. The minimum atomic E-state index is -1.34. The highest BCUT2D eigenvalue weighted by molar-refractivity contribution is 5.85. The molecule has 0 aromatic rings. The molecule has 0 saturated heterocycles. The maximum Gasteiger partial charge on any atom is 0.178 e. The third-order valence-corrected chi connectivity index (χ3v) is 1.06. The maximum atomic E-state index is 10.6. The molecule has 0 aliphatic rings. The second kappa shape index (κ2) is 4.35. The van der Waals surface area contributed by atoms with Crippen molar-refractivity contribution in [3.8, 4) is 0 Å². The predicted octanol–water partition coefficient (Wildman–Crippen LogP) is -2.24. The molecule has 5 heteroatoms. The first-order chi connectivity index (χ1) is 4.59. The highest BCUT2D eigenvalue weighted by Crippen LogP contribution is 1.91. The summed E-state index contributed by atoms with van der Waals surface area (Å²) in [6.45, 7) is 1.20. The van der Waals surface area contributed by atoms with E-state index in [1.807, 2.05) is 0 Å². The summed E-state index contributed by atoms with van der Waals surface area (Å²) in [6.07, 6.45) is -2.38. The lowest BCUT2D eigenvalue weighted by molar-refractivity contribution is -0.131. The summed E-state index contributed by atoms with van der Waals surface area (Å²) in [4.78, 5) is 10.6. The molecule has 0 saturated carbocycles. The van der Waals surface area contributed by atoms with Gasteiger partial charge in [-0.05, 0) is 6.92 Å². The van der Waals surface area contributed by atoms with E-state index >= 15 is 0 Å². The van der Waals surface area contributed by atoms with Crippen LogP contribution in [0.5, 0.6) is 0 Å². The van der Waals surface area contributed by atoms with Gasteiger partial charge in [-0.15, -0.1) is 0 Å². The van der Waals surface area contributed by atoms with Gasteiger partial charge in [-0.3, -0.25) is 16.1 Å². The molecular formula is C5H12N2O3. The van der Waals surface area contributed by atoms with Gasteiger partial charge in [0.15, 0.2) is 5.78 Å². The van der Waals surface area contributed by atoms with Crippen molar-refractivity contribution in [3.63, 3.8) is 0 Å². The van der Waals surface area contributed by atoms with Gasteiger partial charge in [0.2, 0.25) is 0 Å². The van der Waals surface area contributed by atoms with Crippen LogP contribution in [-0.2, 0) is 4.79 Å². The monoisotopic (exact) mass is 148 g/mol. The molecule has 0 unspecified atom stereocenters. The summed E-state index contributed by atoms with van der Waals surface area (Å²) >= 11 is 0. The van der Waals surface area contributed by atoms with Crippen molar-refractivity contribution < 1.29 is 15.0 Å². The molecule has 2 atom stereocenters. The van der Waals surface area contributed by atoms with Gasteiger partial charge < -0.3 is 10.2 Å². The Kier molecular flexibility index (Phi) is 4.13. The van der Waals surface area contributed by atoms with Crippen LogP contribution in [0.1, 0.15) is 6.92 Å². The summed E-state index contributed by atoms with van der Waals surface area (Å²) in [5, 5.41) is 17.5. The Balaban J connectivity index is 3.71. The highest BCUT2D eigenvalue weighted by atomic mass is 16.3. The summed E-state index contributed by atoms with van der Waals surface area (Å²) in [5.41, 5.74) is 2.08. The predicted molar refractivity (Wildman–Crippen MR) is 34.9 cm³/mol. The molecule has 0 aromatic carbocycles. The molecule has 5 nitrogen and oxygen atoms in total. The first kappa shape index (κ1) is 9.51. The van der Waals surface area contributed by atoms with Crippen molar-refractivity contribution in [2.75, 3.05) is 6.54 Å². The van der Waals surface area contributed by atoms with Crippen LogP contribution < -0.4 is 11.3 Å². The van der Waals surface area contributed by atoms with Gasteiger partial charge in [-0.25, -0.2) is 0 Å². The minimum Gasteiger partial charge on any atom is -0.390 e. The molecule has 0 aromatic heterocycles. The third-order valence-electron chi connectivity index (χ3n) is 1.06. The van der Waals surface area contributed by atoms with E-state index in [-0.39, 0.29) is 6.54 Å². The zero-order valence-corrected chi connectivity index (χ0v) is 5.74. The van der Waals surface area contributed by atoms with Crippen molar-refractivity contribution >= 4 is 5.78 Å². The zero-order chi connectivity index (χ0) is 8.15. The Morgan fingerprint density at radius 3 is 2.50 bits per heavy atom. The number of hydrazine groups is 1. The largest absolute Gasteiger partial charge is 0.390 e. The summed E-state index contributed by atoms with van der Waals surface area (Å²) < 4.78 is 0. The topological polar surface area (TPSA) is 95.6 Å². The van der Waals surface area contributed by atoms with E-state index in [1.165, 1.54) is 6.92 Å². The van der Waals surface area contributed by atoms with Gasteiger partial charge in [-0.1, -0.05) is 0 Å². The molecule has 5 N–H and O–H groups in total. The lowest BCUT2D eigenvalue weighted by Gasteiger charge is -2.10. The lowest BCUT2D eigenvalue weighted by atomic mass is 10.1. The van der Waals surface area contributed by atoms with Crippen molar-refractivity contribution in [1.29, 1.82) is 0 Å². The number of hydrogen-bond donors (Lipinski definition) is 4. The first-order valence-corrected chi connectivity index (χ1v) is 2.92. The van der Waals surface area contributed by atoms with Gasteiger partial charge in [-0.2, -0.15) is 0 Å².